The Labute approximate surface area is 120 Å². The van der Waals surface area contributed by atoms with Gasteiger partial charge in [0.2, 0.25) is 0 Å². The van der Waals surface area contributed by atoms with Crippen molar-refractivity contribution in [2.45, 2.75) is 18.6 Å². The van der Waals surface area contributed by atoms with Gasteiger partial charge in [-0.25, -0.2) is 9.78 Å². The molecule has 1 saturated heterocycles. The molecule has 0 atom stereocenters. The Balaban J connectivity index is 2.21. The third-order valence-electron chi connectivity index (χ3n) is 2.64. The van der Waals surface area contributed by atoms with Gasteiger partial charge in [0.05, 0.1) is 7.11 Å². The first kappa shape index (κ1) is 14.0. The number of hydrogen-bond donors (Lipinski definition) is 0. The van der Waals surface area contributed by atoms with E-state index in [0.717, 1.165) is 24.0 Å². The molecule has 0 saturated carbocycles. The highest BCUT2D eigenvalue weighted by Crippen LogP contribution is 2.36. The number of rotatable bonds is 2. The zero-order valence-electron chi connectivity index (χ0n) is 10.5. The molecule has 4 nitrogen and oxygen atoms in total. The van der Waals surface area contributed by atoms with Crippen molar-refractivity contribution >= 4 is 45.8 Å². The van der Waals surface area contributed by atoms with E-state index in [4.69, 9.17) is 11.6 Å². The number of methoxy groups -OCH3 is 1. The maximum absolute atomic E-state index is 11.5. The van der Waals surface area contributed by atoms with Gasteiger partial charge in [-0.2, -0.15) is 11.8 Å². The Hall–Kier alpha value is -0.460. The average Bonchev–Trinajstić information content (AvgIpc) is 2.69. The van der Waals surface area contributed by atoms with Crippen molar-refractivity contribution in [2.24, 2.45) is 0 Å². The van der Waals surface area contributed by atoms with Gasteiger partial charge in [-0.05, 0) is 13.8 Å². The number of aromatic nitrogens is 1. The van der Waals surface area contributed by atoms with Crippen LogP contribution in [0.2, 0.25) is 5.15 Å². The SMILES string of the molecule is COC(=O)c1sc(N2CCSC(C)(C)C2)nc1Cl. The predicted octanol–water partition coefficient (Wildman–Crippen LogP) is 2.91. The van der Waals surface area contributed by atoms with E-state index in [-0.39, 0.29) is 9.90 Å². The van der Waals surface area contributed by atoms with Crippen molar-refractivity contribution in [3.05, 3.63) is 10.0 Å². The van der Waals surface area contributed by atoms with Crippen LogP contribution in [0, 0.1) is 0 Å². The van der Waals surface area contributed by atoms with Gasteiger partial charge in [0, 0.05) is 23.6 Å². The molecule has 0 aliphatic carbocycles. The van der Waals surface area contributed by atoms with Crippen LogP contribution in [0.15, 0.2) is 0 Å². The molecule has 0 spiro atoms. The molecule has 2 rings (SSSR count). The third-order valence-corrected chi connectivity index (χ3v) is 5.42. The van der Waals surface area contributed by atoms with Gasteiger partial charge in [-0.15, -0.1) is 0 Å². The predicted molar refractivity (Wildman–Crippen MR) is 77.2 cm³/mol. The van der Waals surface area contributed by atoms with E-state index >= 15 is 0 Å². The molecule has 100 valence electrons. The van der Waals surface area contributed by atoms with Crippen molar-refractivity contribution in [3.63, 3.8) is 0 Å². The smallest absolute Gasteiger partial charge is 0.351 e. The van der Waals surface area contributed by atoms with E-state index in [0.29, 0.717) is 4.88 Å². The number of anilines is 1. The Kier molecular flexibility index (Phi) is 4.08. The van der Waals surface area contributed by atoms with Crippen LogP contribution >= 0.6 is 34.7 Å². The van der Waals surface area contributed by atoms with Gasteiger partial charge in [-0.1, -0.05) is 22.9 Å². The topological polar surface area (TPSA) is 42.4 Å². The molecule has 2 heterocycles. The highest BCUT2D eigenvalue weighted by molar-refractivity contribution is 8.00. The lowest BCUT2D eigenvalue weighted by molar-refractivity contribution is 0.0606. The highest BCUT2D eigenvalue weighted by Gasteiger charge is 2.30. The molecule has 0 aromatic carbocycles. The minimum atomic E-state index is -0.422. The molecule has 18 heavy (non-hydrogen) atoms. The summed E-state index contributed by atoms with van der Waals surface area (Å²) >= 11 is 9.23. The van der Waals surface area contributed by atoms with Gasteiger partial charge < -0.3 is 9.64 Å². The first-order valence-corrected chi connectivity index (χ1v) is 7.74. The fourth-order valence-electron chi connectivity index (χ4n) is 1.82. The summed E-state index contributed by atoms with van der Waals surface area (Å²) in [5.41, 5.74) is 0. The number of hydrogen-bond acceptors (Lipinski definition) is 6. The monoisotopic (exact) mass is 306 g/mol. The standard InChI is InChI=1S/C11H15ClN2O2S2/c1-11(2)6-14(4-5-17-11)10-13-8(12)7(18-10)9(15)16-3/h4-6H2,1-3H3. The normalized spacial score (nSPS) is 18.8. The fourth-order valence-corrected chi connectivity index (χ4v) is 4.16. The lowest BCUT2D eigenvalue weighted by atomic mass is 10.2. The van der Waals surface area contributed by atoms with Crippen LogP contribution in [0.1, 0.15) is 23.5 Å². The molecule has 7 heteroatoms. The zero-order valence-corrected chi connectivity index (χ0v) is 12.9. The van der Waals surface area contributed by atoms with Crippen LogP contribution in [0.25, 0.3) is 0 Å². The number of halogens is 1. The Bertz CT molecular complexity index is 462. The number of esters is 1. The molecule has 0 N–H and O–H groups in total. The molecule has 1 aromatic heterocycles. The van der Waals surface area contributed by atoms with Crippen LogP contribution in [-0.4, -0.2) is 41.7 Å². The van der Waals surface area contributed by atoms with Crippen LogP contribution in [0.5, 0.6) is 0 Å². The van der Waals surface area contributed by atoms with Gasteiger partial charge >= 0.3 is 5.97 Å². The largest absolute Gasteiger partial charge is 0.465 e. The van der Waals surface area contributed by atoms with Crippen LogP contribution in [0.4, 0.5) is 5.13 Å². The van der Waals surface area contributed by atoms with E-state index in [9.17, 15) is 4.79 Å². The molecule has 0 bridgehead atoms. The number of thioether (sulfide) groups is 1. The van der Waals surface area contributed by atoms with E-state index in [1.54, 1.807) is 0 Å². The van der Waals surface area contributed by atoms with E-state index in [2.05, 4.69) is 28.5 Å². The third kappa shape index (κ3) is 2.92. The number of thiazole rings is 1. The second-order valence-electron chi connectivity index (χ2n) is 4.64. The molecule has 0 amide bonds. The molecule has 0 radical (unpaired) electrons. The van der Waals surface area contributed by atoms with Crippen molar-refractivity contribution in [1.82, 2.24) is 4.98 Å². The summed E-state index contributed by atoms with van der Waals surface area (Å²) in [6, 6.07) is 0. The number of carbonyl (C=O) groups is 1. The van der Waals surface area contributed by atoms with E-state index in [1.165, 1.54) is 18.4 Å². The van der Waals surface area contributed by atoms with Crippen molar-refractivity contribution in [3.8, 4) is 0 Å². The van der Waals surface area contributed by atoms with Crippen LogP contribution in [0.3, 0.4) is 0 Å². The Morgan fingerprint density at radius 1 is 1.56 bits per heavy atom. The Morgan fingerprint density at radius 2 is 2.28 bits per heavy atom. The summed E-state index contributed by atoms with van der Waals surface area (Å²) in [4.78, 5) is 18.3. The van der Waals surface area contributed by atoms with Gasteiger partial charge in [0.25, 0.3) is 0 Å². The molecule has 1 aliphatic heterocycles. The molecule has 1 aromatic rings. The quantitative estimate of drug-likeness (QED) is 0.786. The molecular weight excluding hydrogens is 292 g/mol. The molecule has 1 aliphatic rings. The average molecular weight is 307 g/mol. The van der Waals surface area contributed by atoms with Crippen molar-refractivity contribution < 1.29 is 9.53 Å². The fraction of sp³-hybridized carbons (Fsp3) is 0.636. The lowest BCUT2D eigenvalue weighted by Crippen LogP contribution is -2.43. The van der Waals surface area contributed by atoms with E-state index < -0.39 is 5.97 Å². The minimum Gasteiger partial charge on any atom is -0.465 e. The summed E-state index contributed by atoms with van der Waals surface area (Å²) in [5.74, 6) is 0.631. The van der Waals surface area contributed by atoms with Crippen LogP contribution < -0.4 is 4.90 Å². The van der Waals surface area contributed by atoms with Crippen molar-refractivity contribution in [1.29, 1.82) is 0 Å². The van der Waals surface area contributed by atoms with Crippen molar-refractivity contribution in [2.75, 3.05) is 30.9 Å². The highest BCUT2D eigenvalue weighted by atomic mass is 35.5. The Morgan fingerprint density at radius 3 is 2.89 bits per heavy atom. The second-order valence-corrected chi connectivity index (χ2v) is 7.78. The van der Waals surface area contributed by atoms with Gasteiger partial charge in [0.15, 0.2) is 15.2 Å². The maximum atomic E-state index is 11.5. The van der Waals surface area contributed by atoms with Crippen LogP contribution in [-0.2, 0) is 4.74 Å². The first-order valence-electron chi connectivity index (χ1n) is 5.56. The molecule has 1 fully saturated rings. The maximum Gasteiger partial charge on any atom is 0.351 e. The summed E-state index contributed by atoms with van der Waals surface area (Å²) in [7, 11) is 1.35. The minimum absolute atomic E-state index is 0.196. The zero-order chi connectivity index (χ0) is 13.3. The lowest BCUT2D eigenvalue weighted by Gasteiger charge is -2.37. The second kappa shape index (κ2) is 5.27. The first-order chi connectivity index (χ1) is 8.43. The number of carbonyl (C=O) groups excluding carboxylic acids is 1. The summed E-state index contributed by atoms with van der Waals surface area (Å²) in [6.45, 7) is 6.25. The number of ether oxygens (including phenoxy) is 1. The summed E-state index contributed by atoms with van der Waals surface area (Å²) in [6.07, 6.45) is 0. The van der Waals surface area contributed by atoms with E-state index in [1.807, 2.05) is 11.8 Å². The number of nitrogens with zero attached hydrogens (tertiary/aromatic N) is 2. The summed E-state index contributed by atoms with van der Waals surface area (Å²) in [5, 5.41) is 1.03. The van der Waals surface area contributed by atoms with Gasteiger partial charge in [-0.3, -0.25) is 0 Å². The summed E-state index contributed by atoms with van der Waals surface area (Å²) < 4.78 is 4.88. The molecular formula is C11H15ClN2O2S2. The van der Waals surface area contributed by atoms with Gasteiger partial charge in [0.1, 0.15) is 0 Å². The molecule has 0 unspecified atom stereocenters.